The molecule has 0 aliphatic heterocycles. The van der Waals surface area contributed by atoms with E-state index in [4.69, 9.17) is 5.11 Å². The fourth-order valence-electron chi connectivity index (χ4n) is 2.15. The molecular formula is C15H19N3O3. The van der Waals surface area contributed by atoms with Crippen LogP contribution >= 0.6 is 0 Å². The van der Waals surface area contributed by atoms with Gasteiger partial charge in [0, 0.05) is 11.6 Å². The van der Waals surface area contributed by atoms with Crippen molar-refractivity contribution < 1.29 is 14.7 Å². The minimum Gasteiger partial charge on any atom is -0.480 e. The summed E-state index contributed by atoms with van der Waals surface area (Å²) in [6.45, 7) is 3.71. The molecule has 2 N–H and O–H groups in total. The van der Waals surface area contributed by atoms with Crippen molar-refractivity contribution >= 4 is 22.8 Å². The lowest BCUT2D eigenvalue weighted by Gasteiger charge is -2.20. The molecule has 6 nitrogen and oxygen atoms in total. The molecule has 0 radical (unpaired) electrons. The number of carbonyl (C=O) groups excluding carboxylic acids is 1. The van der Waals surface area contributed by atoms with Crippen LogP contribution in [0.5, 0.6) is 0 Å². The standard InChI is InChI=1S/C15H19N3O3/c1-3-10(2)14(15(20)21)16-13(19)9-18-8-11-6-4-5-7-12(11)17-18/h4-8,10,14H,3,9H2,1-2H3,(H,16,19)(H,20,21)/t10-,14-/m0/s1. The zero-order valence-electron chi connectivity index (χ0n) is 12.1. The number of carboxylic acids is 1. The summed E-state index contributed by atoms with van der Waals surface area (Å²) in [6.07, 6.45) is 2.46. The lowest BCUT2D eigenvalue weighted by atomic mass is 9.99. The molecule has 112 valence electrons. The molecule has 0 aliphatic rings. The van der Waals surface area contributed by atoms with Crippen LogP contribution in [0.2, 0.25) is 0 Å². The summed E-state index contributed by atoms with van der Waals surface area (Å²) in [4.78, 5) is 23.2. The van der Waals surface area contributed by atoms with E-state index in [2.05, 4.69) is 10.4 Å². The number of amides is 1. The number of nitrogens with zero attached hydrogens (tertiary/aromatic N) is 2. The molecule has 0 bridgehead atoms. The number of benzene rings is 1. The van der Waals surface area contributed by atoms with Gasteiger partial charge in [0.25, 0.3) is 0 Å². The smallest absolute Gasteiger partial charge is 0.326 e. The van der Waals surface area contributed by atoms with Gasteiger partial charge in [0.15, 0.2) is 0 Å². The van der Waals surface area contributed by atoms with Gasteiger partial charge in [0.05, 0.1) is 5.52 Å². The van der Waals surface area contributed by atoms with Crippen molar-refractivity contribution in [3.05, 3.63) is 30.5 Å². The molecule has 0 saturated carbocycles. The van der Waals surface area contributed by atoms with Crippen LogP contribution in [0.4, 0.5) is 0 Å². The van der Waals surface area contributed by atoms with Crippen molar-refractivity contribution in [2.45, 2.75) is 32.9 Å². The Balaban J connectivity index is 2.05. The molecule has 1 aromatic heterocycles. The van der Waals surface area contributed by atoms with Gasteiger partial charge >= 0.3 is 5.97 Å². The Hall–Kier alpha value is -2.37. The molecule has 0 unspecified atom stereocenters. The number of hydrogen-bond acceptors (Lipinski definition) is 3. The third-order valence-corrected chi connectivity index (χ3v) is 3.56. The van der Waals surface area contributed by atoms with Crippen LogP contribution in [0, 0.1) is 5.92 Å². The number of hydrogen-bond donors (Lipinski definition) is 2. The van der Waals surface area contributed by atoms with E-state index in [9.17, 15) is 9.59 Å². The van der Waals surface area contributed by atoms with Crippen molar-refractivity contribution in [1.29, 1.82) is 0 Å². The third kappa shape index (κ3) is 3.59. The van der Waals surface area contributed by atoms with Gasteiger partial charge in [-0.1, -0.05) is 38.5 Å². The molecule has 2 rings (SSSR count). The molecule has 1 amide bonds. The molecule has 2 aromatic rings. The second-order valence-corrected chi connectivity index (χ2v) is 5.15. The largest absolute Gasteiger partial charge is 0.480 e. The minimum atomic E-state index is -1.01. The van der Waals surface area contributed by atoms with Crippen LogP contribution in [0.25, 0.3) is 10.9 Å². The van der Waals surface area contributed by atoms with Crippen LogP contribution in [0.15, 0.2) is 30.5 Å². The van der Waals surface area contributed by atoms with Crippen molar-refractivity contribution in [3.63, 3.8) is 0 Å². The van der Waals surface area contributed by atoms with Gasteiger partial charge in [-0.15, -0.1) is 0 Å². The van der Waals surface area contributed by atoms with E-state index >= 15 is 0 Å². The highest BCUT2D eigenvalue weighted by molar-refractivity contribution is 5.84. The topological polar surface area (TPSA) is 84.2 Å². The average molecular weight is 289 g/mol. The van der Waals surface area contributed by atoms with E-state index in [-0.39, 0.29) is 18.4 Å². The van der Waals surface area contributed by atoms with E-state index in [1.54, 1.807) is 13.1 Å². The summed E-state index contributed by atoms with van der Waals surface area (Å²) in [5.74, 6) is -1.48. The van der Waals surface area contributed by atoms with Gasteiger partial charge in [-0.3, -0.25) is 9.48 Å². The van der Waals surface area contributed by atoms with Crippen molar-refractivity contribution in [2.24, 2.45) is 5.92 Å². The summed E-state index contributed by atoms with van der Waals surface area (Å²) in [5, 5.41) is 17.0. The van der Waals surface area contributed by atoms with Crippen LogP contribution in [0.1, 0.15) is 20.3 Å². The van der Waals surface area contributed by atoms with E-state index in [1.807, 2.05) is 31.2 Å². The molecule has 0 spiro atoms. The molecular weight excluding hydrogens is 270 g/mol. The first-order chi connectivity index (χ1) is 10.0. The number of fused-ring (bicyclic) bond motifs is 1. The maximum absolute atomic E-state index is 12.0. The van der Waals surface area contributed by atoms with E-state index in [0.29, 0.717) is 6.42 Å². The Labute approximate surface area is 122 Å². The number of nitrogens with one attached hydrogen (secondary N) is 1. The number of aliphatic carboxylic acids is 1. The Morgan fingerprint density at radius 3 is 2.71 bits per heavy atom. The van der Waals surface area contributed by atoms with E-state index < -0.39 is 12.0 Å². The van der Waals surface area contributed by atoms with Gasteiger partial charge in [-0.05, 0) is 12.0 Å². The van der Waals surface area contributed by atoms with Gasteiger partial charge in [0.1, 0.15) is 12.6 Å². The second-order valence-electron chi connectivity index (χ2n) is 5.15. The highest BCUT2D eigenvalue weighted by atomic mass is 16.4. The van der Waals surface area contributed by atoms with Gasteiger partial charge in [-0.25, -0.2) is 4.79 Å². The predicted octanol–water partition coefficient (Wildman–Crippen LogP) is 1.65. The SMILES string of the molecule is CC[C@H](C)[C@H](NC(=O)Cn1cc2ccccc2n1)C(=O)O. The maximum atomic E-state index is 12.0. The van der Waals surface area contributed by atoms with Gasteiger partial charge in [0.2, 0.25) is 5.91 Å². The normalized spacial score (nSPS) is 13.8. The minimum absolute atomic E-state index is 0.00882. The number of carbonyl (C=O) groups is 2. The highest BCUT2D eigenvalue weighted by Gasteiger charge is 2.25. The predicted molar refractivity (Wildman–Crippen MR) is 78.8 cm³/mol. The zero-order valence-corrected chi connectivity index (χ0v) is 12.1. The summed E-state index contributed by atoms with van der Waals surface area (Å²) in [6, 6.07) is 6.69. The molecule has 0 saturated heterocycles. The molecule has 2 atom stereocenters. The third-order valence-electron chi connectivity index (χ3n) is 3.56. The quantitative estimate of drug-likeness (QED) is 0.847. The lowest BCUT2D eigenvalue weighted by molar-refractivity contribution is -0.143. The molecule has 0 aliphatic carbocycles. The van der Waals surface area contributed by atoms with Crippen LogP contribution in [0.3, 0.4) is 0 Å². The first kappa shape index (κ1) is 15.0. The number of carboxylic acid groups (broad SMARTS) is 1. The first-order valence-electron chi connectivity index (χ1n) is 6.95. The fourth-order valence-corrected chi connectivity index (χ4v) is 2.15. The van der Waals surface area contributed by atoms with E-state index in [1.165, 1.54) is 4.68 Å². The Bertz CT molecular complexity index is 617. The average Bonchev–Trinajstić information content (AvgIpc) is 2.85. The van der Waals surface area contributed by atoms with Gasteiger partial charge < -0.3 is 10.4 Å². The van der Waals surface area contributed by atoms with E-state index in [0.717, 1.165) is 10.9 Å². The number of rotatable bonds is 6. The highest BCUT2D eigenvalue weighted by Crippen LogP contribution is 2.11. The number of aromatic nitrogens is 2. The Morgan fingerprint density at radius 1 is 1.38 bits per heavy atom. The second kappa shape index (κ2) is 6.39. The summed E-state index contributed by atoms with van der Waals surface area (Å²) in [7, 11) is 0. The maximum Gasteiger partial charge on any atom is 0.326 e. The molecule has 0 fully saturated rings. The summed E-state index contributed by atoms with van der Waals surface area (Å²) in [5.41, 5.74) is 0.807. The Kier molecular flexibility index (Phi) is 4.57. The van der Waals surface area contributed by atoms with Gasteiger partial charge in [-0.2, -0.15) is 5.10 Å². The fraction of sp³-hybridized carbons (Fsp3) is 0.400. The first-order valence-corrected chi connectivity index (χ1v) is 6.95. The lowest BCUT2D eigenvalue weighted by Crippen LogP contribution is -2.46. The van der Waals surface area contributed by atoms with Crippen molar-refractivity contribution in [1.82, 2.24) is 15.1 Å². The zero-order chi connectivity index (χ0) is 15.4. The summed E-state index contributed by atoms with van der Waals surface area (Å²) >= 11 is 0. The van der Waals surface area contributed by atoms with Crippen molar-refractivity contribution in [2.75, 3.05) is 0 Å². The van der Waals surface area contributed by atoms with Crippen LogP contribution < -0.4 is 5.32 Å². The molecule has 1 aromatic carbocycles. The Morgan fingerprint density at radius 2 is 2.10 bits per heavy atom. The molecule has 1 heterocycles. The summed E-state index contributed by atoms with van der Waals surface area (Å²) < 4.78 is 1.52. The molecule has 6 heteroatoms. The molecule has 21 heavy (non-hydrogen) atoms. The van der Waals surface area contributed by atoms with Crippen LogP contribution in [-0.2, 0) is 16.1 Å². The van der Waals surface area contributed by atoms with Crippen LogP contribution in [-0.4, -0.2) is 32.8 Å². The van der Waals surface area contributed by atoms with Crippen molar-refractivity contribution in [3.8, 4) is 0 Å². The monoisotopic (exact) mass is 289 g/mol.